The molecule has 4 rings (SSSR count). The maximum Gasteiger partial charge on any atom is 0.336 e. The van der Waals surface area contributed by atoms with Crippen LogP contribution in [0.5, 0.6) is 5.75 Å². The molecule has 0 spiro atoms. The van der Waals surface area contributed by atoms with Gasteiger partial charge in [-0.15, -0.1) is 0 Å². The summed E-state index contributed by atoms with van der Waals surface area (Å²) in [6.45, 7) is 2.02. The number of nitrogens with zero attached hydrogens (tertiary/aromatic N) is 1. The molecule has 0 bridgehead atoms. The molecule has 0 saturated heterocycles. The van der Waals surface area contributed by atoms with Gasteiger partial charge in [0, 0.05) is 16.8 Å². The molecule has 0 amide bonds. The zero-order chi connectivity index (χ0) is 18.3. The summed E-state index contributed by atoms with van der Waals surface area (Å²) >= 11 is 0. The molecule has 0 aliphatic rings. The van der Waals surface area contributed by atoms with Crippen molar-refractivity contribution in [2.45, 2.75) is 13.3 Å². The molecule has 26 heavy (non-hydrogen) atoms. The molecular weight excluding hydrogens is 330 g/mol. The molecule has 5 heteroatoms. The number of ether oxygens (including phenoxy) is 1. The number of aromatic carboxylic acids is 1. The van der Waals surface area contributed by atoms with Crippen molar-refractivity contribution in [3.8, 4) is 17.2 Å². The van der Waals surface area contributed by atoms with Crippen LogP contribution < -0.4 is 4.74 Å². The lowest BCUT2D eigenvalue weighted by molar-refractivity contribution is 0.0699. The lowest BCUT2D eigenvalue weighted by Gasteiger charge is -2.08. The highest BCUT2D eigenvalue weighted by Crippen LogP contribution is 2.32. The molecule has 0 unspecified atom stereocenters. The van der Waals surface area contributed by atoms with Gasteiger partial charge in [0.25, 0.3) is 0 Å². The Labute approximate surface area is 149 Å². The Bertz CT molecular complexity index is 1140. The second-order valence-electron chi connectivity index (χ2n) is 6.04. The fraction of sp³-hybridized carbons (Fsp3) is 0.143. The fourth-order valence-corrected chi connectivity index (χ4v) is 3.16. The molecule has 2 aromatic carbocycles. The zero-order valence-corrected chi connectivity index (χ0v) is 14.4. The number of carbonyl (C=O) groups is 1. The third-order valence-electron chi connectivity index (χ3n) is 4.51. The van der Waals surface area contributed by atoms with Gasteiger partial charge in [0.15, 0.2) is 5.76 Å². The second kappa shape index (κ2) is 6.19. The third kappa shape index (κ3) is 2.58. The molecule has 0 fully saturated rings. The van der Waals surface area contributed by atoms with Crippen molar-refractivity contribution in [3.63, 3.8) is 0 Å². The minimum Gasteiger partial charge on any atom is -0.497 e. The molecule has 0 aliphatic carbocycles. The topological polar surface area (TPSA) is 72.6 Å². The number of carboxylic acid groups (broad SMARTS) is 1. The minimum absolute atomic E-state index is 0.221. The van der Waals surface area contributed by atoms with E-state index >= 15 is 0 Å². The quantitative estimate of drug-likeness (QED) is 0.567. The second-order valence-corrected chi connectivity index (χ2v) is 6.04. The van der Waals surface area contributed by atoms with Gasteiger partial charge in [-0.05, 0) is 36.2 Å². The highest BCUT2D eigenvalue weighted by atomic mass is 16.5. The summed E-state index contributed by atoms with van der Waals surface area (Å²) in [5, 5.41) is 11.2. The van der Waals surface area contributed by atoms with E-state index in [9.17, 15) is 9.90 Å². The van der Waals surface area contributed by atoms with Gasteiger partial charge in [0.1, 0.15) is 17.0 Å². The fourth-order valence-electron chi connectivity index (χ4n) is 3.16. The smallest absolute Gasteiger partial charge is 0.336 e. The number of fused-ring (bicyclic) bond motifs is 2. The molecule has 130 valence electrons. The molecule has 4 aromatic rings. The molecule has 2 aromatic heterocycles. The monoisotopic (exact) mass is 347 g/mol. The Morgan fingerprint density at radius 1 is 1.19 bits per heavy atom. The highest BCUT2D eigenvalue weighted by Gasteiger charge is 2.17. The largest absolute Gasteiger partial charge is 0.497 e. The first kappa shape index (κ1) is 16.1. The standard InChI is InChI=1S/C21H17NO4/c1-3-12-5-4-6-15-16(21(23)24)11-17(22-20(12)15)19-9-13-7-8-14(25-2)10-18(13)26-19/h4-11H,3H2,1-2H3,(H,23,24). The van der Waals surface area contributed by atoms with Crippen LogP contribution in [0.1, 0.15) is 22.8 Å². The molecule has 2 heterocycles. The van der Waals surface area contributed by atoms with Crippen LogP contribution in [0.2, 0.25) is 0 Å². The van der Waals surface area contributed by atoms with Crippen molar-refractivity contribution in [1.29, 1.82) is 0 Å². The predicted molar refractivity (Wildman–Crippen MR) is 99.8 cm³/mol. The van der Waals surface area contributed by atoms with E-state index in [1.54, 1.807) is 25.3 Å². The van der Waals surface area contributed by atoms with Crippen molar-refractivity contribution in [3.05, 3.63) is 59.7 Å². The zero-order valence-electron chi connectivity index (χ0n) is 14.4. The summed E-state index contributed by atoms with van der Waals surface area (Å²) in [7, 11) is 1.60. The number of furan rings is 1. The van der Waals surface area contributed by atoms with Crippen molar-refractivity contribution in [1.82, 2.24) is 4.98 Å². The molecule has 5 nitrogen and oxygen atoms in total. The Kier molecular flexibility index (Phi) is 3.84. The summed E-state index contributed by atoms with van der Waals surface area (Å²) in [4.78, 5) is 16.5. The van der Waals surface area contributed by atoms with Crippen LogP contribution in [0.4, 0.5) is 0 Å². The number of methoxy groups -OCH3 is 1. The summed E-state index contributed by atoms with van der Waals surface area (Å²) in [5.41, 5.74) is 3.10. The van der Waals surface area contributed by atoms with E-state index in [0.717, 1.165) is 17.4 Å². The first-order valence-corrected chi connectivity index (χ1v) is 8.34. The number of aryl methyl sites for hydroxylation is 1. The Morgan fingerprint density at radius 3 is 2.77 bits per heavy atom. The predicted octanol–water partition coefficient (Wildman–Crippen LogP) is 4.92. The average Bonchev–Trinajstić information content (AvgIpc) is 3.09. The first-order valence-electron chi connectivity index (χ1n) is 8.34. The van der Waals surface area contributed by atoms with E-state index in [1.807, 2.05) is 37.3 Å². The van der Waals surface area contributed by atoms with Gasteiger partial charge in [-0.3, -0.25) is 0 Å². The Balaban J connectivity index is 1.97. The van der Waals surface area contributed by atoms with Crippen molar-refractivity contribution >= 4 is 27.8 Å². The van der Waals surface area contributed by atoms with Gasteiger partial charge >= 0.3 is 5.97 Å². The maximum absolute atomic E-state index is 11.8. The number of rotatable bonds is 4. The lowest BCUT2D eigenvalue weighted by Crippen LogP contribution is -2.01. The number of para-hydroxylation sites is 1. The van der Waals surface area contributed by atoms with Crippen LogP contribution in [-0.4, -0.2) is 23.2 Å². The number of carboxylic acids is 1. The molecule has 0 saturated carbocycles. The van der Waals surface area contributed by atoms with Crippen LogP contribution in [0, 0.1) is 0 Å². The van der Waals surface area contributed by atoms with Gasteiger partial charge in [-0.2, -0.15) is 0 Å². The van der Waals surface area contributed by atoms with E-state index in [2.05, 4.69) is 0 Å². The summed E-state index contributed by atoms with van der Waals surface area (Å²) < 4.78 is 11.1. The summed E-state index contributed by atoms with van der Waals surface area (Å²) in [5.74, 6) is 0.248. The van der Waals surface area contributed by atoms with E-state index in [-0.39, 0.29) is 5.56 Å². The average molecular weight is 347 g/mol. The van der Waals surface area contributed by atoms with Crippen molar-refractivity contribution in [2.24, 2.45) is 0 Å². The van der Waals surface area contributed by atoms with Crippen molar-refractivity contribution in [2.75, 3.05) is 7.11 Å². The van der Waals surface area contributed by atoms with E-state index < -0.39 is 5.97 Å². The number of hydrogen-bond donors (Lipinski definition) is 1. The molecular formula is C21H17NO4. The number of benzene rings is 2. The number of pyridine rings is 1. The molecule has 0 atom stereocenters. The van der Waals surface area contributed by atoms with E-state index in [4.69, 9.17) is 14.1 Å². The van der Waals surface area contributed by atoms with Gasteiger partial charge in [-0.25, -0.2) is 9.78 Å². The van der Waals surface area contributed by atoms with Gasteiger partial charge < -0.3 is 14.3 Å². The molecule has 0 radical (unpaired) electrons. The van der Waals surface area contributed by atoms with E-state index in [1.165, 1.54) is 0 Å². The third-order valence-corrected chi connectivity index (χ3v) is 4.51. The Morgan fingerprint density at radius 2 is 2.04 bits per heavy atom. The number of aromatic nitrogens is 1. The highest BCUT2D eigenvalue weighted by molar-refractivity contribution is 6.04. The number of hydrogen-bond acceptors (Lipinski definition) is 4. The van der Waals surface area contributed by atoms with Gasteiger partial charge in [0.05, 0.1) is 18.2 Å². The van der Waals surface area contributed by atoms with Crippen LogP contribution >= 0.6 is 0 Å². The van der Waals surface area contributed by atoms with E-state index in [0.29, 0.717) is 33.7 Å². The summed E-state index contributed by atoms with van der Waals surface area (Å²) in [6, 6.07) is 14.6. The lowest BCUT2D eigenvalue weighted by atomic mass is 10.0. The summed E-state index contributed by atoms with van der Waals surface area (Å²) in [6.07, 6.45) is 0.768. The Hall–Kier alpha value is -3.34. The van der Waals surface area contributed by atoms with Crippen LogP contribution in [0.15, 0.2) is 52.9 Å². The van der Waals surface area contributed by atoms with Crippen LogP contribution in [0.3, 0.4) is 0 Å². The molecule has 0 aliphatic heterocycles. The maximum atomic E-state index is 11.8. The minimum atomic E-state index is -0.982. The van der Waals surface area contributed by atoms with Crippen LogP contribution in [-0.2, 0) is 6.42 Å². The van der Waals surface area contributed by atoms with Crippen molar-refractivity contribution < 1.29 is 19.1 Å². The molecule has 1 N–H and O–H groups in total. The van der Waals surface area contributed by atoms with Gasteiger partial charge in [-0.1, -0.05) is 25.1 Å². The first-order chi connectivity index (χ1) is 12.6. The van der Waals surface area contributed by atoms with Gasteiger partial charge in [0.2, 0.25) is 0 Å². The SMILES string of the molecule is CCc1cccc2c(C(=O)O)cc(-c3cc4ccc(OC)cc4o3)nc12. The normalized spacial score (nSPS) is 11.2. The van der Waals surface area contributed by atoms with Crippen LogP contribution in [0.25, 0.3) is 33.3 Å².